The first-order valence-electron chi connectivity index (χ1n) is 10.9. The van der Waals surface area contributed by atoms with Gasteiger partial charge in [-0.05, 0) is 36.2 Å². The quantitative estimate of drug-likeness (QED) is 0.268. The van der Waals surface area contributed by atoms with Crippen molar-refractivity contribution >= 4 is 51.0 Å². The van der Waals surface area contributed by atoms with Gasteiger partial charge in [0, 0.05) is 12.1 Å². The average molecular weight is 506 g/mol. The Kier molecular flexibility index (Phi) is 7.55. The molecule has 0 amide bonds. The lowest BCUT2D eigenvalue weighted by molar-refractivity contribution is 0.0512. The summed E-state index contributed by atoms with van der Waals surface area (Å²) in [7, 11) is 2.51. The molecule has 4 rings (SSSR count). The van der Waals surface area contributed by atoms with Gasteiger partial charge in [0.2, 0.25) is 0 Å². The van der Waals surface area contributed by atoms with Gasteiger partial charge in [-0.1, -0.05) is 30.3 Å². The van der Waals surface area contributed by atoms with Crippen LogP contribution in [0.25, 0.3) is 10.2 Å². The van der Waals surface area contributed by atoms with E-state index in [2.05, 4.69) is 15.3 Å². The van der Waals surface area contributed by atoms with Gasteiger partial charge in [0.05, 0.1) is 37.3 Å². The van der Waals surface area contributed by atoms with Gasteiger partial charge in [-0.15, -0.1) is 11.3 Å². The van der Waals surface area contributed by atoms with E-state index in [4.69, 9.17) is 14.2 Å². The summed E-state index contributed by atoms with van der Waals surface area (Å²) < 4.78 is 15.1. The van der Waals surface area contributed by atoms with E-state index in [9.17, 15) is 14.4 Å². The molecule has 0 fully saturated rings. The first-order chi connectivity index (χ1) is 17.4. The molecule has 0 saturated heterocycles. The van der Waals surface area contributed by atoms with Gasteiger partial charge in [0.1, 0.15) is 21.9 Å². The van der Waals surface area contributed by atoms with E-state index in [0.29, 0.717) is 38.6 Å². The highest BCUT2D eigenvalue weighted by molar-refractivity contribution is 7.20. The number of ether oxygens (including phenoxy) is 3. The van der Waals surface area contributed by atoms with Gasteiger partial charge >= 0.3 is 17.9 Å². The minimum absolute atomic E-state index is 0.165. The molecular formula is C26H23N3O6S. The molecule has 2 aromatic carbocycles. The number of esters is 3. The standard InChI is InChI=1S/C26H23N3O6S/c1-15-20-22(29-19-12-17(24(30)33-2)11-18(13-19)25(31)34-3)27-14-28-23(20)36-21(15)26(32)35-10-9-16-7-5-4-6-8-16/h4-8,11-14H,9-10H2,1-3H3,(H,27,28,29). The van der Waals surface area contributed by atoms with E-state index in [0.717, 1.165) is 5.56 Å². The van der Waals surface area contributed by atoms with Crippen molar-refractivity contribution in [3.05, 3.63) is 82.0 Å². The highest BCUT2D eigenvalue weighted by Gasteiger charge is 2.21. The van der Waals surface area contributed by atoms with Crippen molar-refractivity contribution in [2.75, 3.05) is 26.1 Å². The maximum atomic E-state index is 12.8. The van der Waals surface area contributed by atoms with Crippen molar-refractivity contribution in [3.63, 3.8) is 0 Å². The second-order valence-corrected chi connectivity index (χ2v) is 8.74. The smallest absolute Gasteiger partial charge is 0.348 e. The number of aryl methyl sites for hydroxylation is 1. The zero-order valence-electron chi connectivity index (χ0n) is 19.9. The molecule has 0 radical (unpaired) electrons. The Bertz CT molecular complexity index is 1400. The van der Waals surface area contributed by atoms with Gasteiger partial charge in [-0.3, -0.25) is 0 Å². The number of nitrogens with one attached hydrogen (secondary N) is 1. The Morgan fingerprint density at radius 3 is 2.22 bits per heavy atom. The molecular weight excluding hydrogens is 482 g/mol. The van der Waals surface area contributed by atoms with Crippen LogP contribution >= 0.6 is 11.3 Å². The number of carbonyl (C=O) groups is 3. The van der Waals surface area contributed by atoms with Crippen LogP contribution in [0.5, 0.6) is 0 Å². The van der Waals surface area contributed by atoms with Crippen LogP contribution in [0, 0.1) is 6.92 Å². The number of methoxy groups -OCH3 is 2. The highest BCUT2D eigenvalue weighted by atomic mass is 32.1. The van der Waals surface area contributed by atoms with Crippen LogP contribution in [-0.4, -0.2) is 48.7 Å². The van der Waals surface area contributed by atoms with E-state index in [-0.39, 0.29) is 17.7 Å². The summed E-state index contributed by atoms with van der Waals surface area (Å²) in [5.41, 5.74) is 2.49. The Labute approximate surface area is 211 Å². The maximum absolute atomic E-state index is 12.8. The molecule has 1 N–H and O–H groups in total. The molecule has 9 nitrogen and oxygen atoms in total. The zero-order valence-corrected chi connectivity index (χ0v) is 20.7. The number of thiophene rings is 1. The first kappa shape index (κ1) is 24.8. The van der Waals surface area contributed by atoms with Crippen molar-refractivity contribution in [2.45, 2.75) is 13.3 Å². The topological polar surface area (TPSA) is 117 Å². The van der Waals surface area contributed by atoms with Gasteiger partial charge in [-0.2, -0.15) is 0 Å². The molecule has 2 aromatic heterocycles. The van der Waals surface area contributed by atoms with Crippen LogP contribution in [0.2, 0.25) is 0 Å². The van der Waals surface area contributed by atoms with E-state index in [1.54, 1.807) is 6.92 Å². The van der Waals surface area contributed by atoms with Crippen molar-refractivity contribution in [1.29, 1.82) is 0 Å². The number of aromatic nitrogens is 2. The number of carbonyl (C=O) groups excluding carboxylic acids is 3. The van der Waals surface area contributed by atoms with Crippen molar-refractivity contribution < 1.29 is 28.6 Å². The molecule has 0 unspecified atom stereocenters. The highest BCUT2D eigenvalue weighted by Crippen LogP contribution is 2.35. The number of fused-ring (bicyclic) bond motifs is 1. The van der Waals surface area contributed by atoms with Crippen LogP contribution < -0.4 is 5.32 Å². The van der Waals surface area contributed by atoms with Crippen molar-refractivity contribution in [3.8, 4) is 0 Å². The summed E-state index contributed by atoms with van der Waals surface area (Å²) in [6.45, 7) is 2.05. The lowest BCUT2D eigenvalue weighted by Crippen LogP contribution is -2.08. The largest absolute Gasteiger partial charge is 0.465 e. The lowest BCUT2D eigenvalue weighted by atomic mass is 10.1. The minimum atomic E-state index is -0.608. The Morgan fingerprint density at radius 2 is 1.58 bits per heavy atom. The third kappa shape index (κ3) is 5.33. The number of anilines is 2. The predicted octanol–water partition coefficient (Wildman–Crippen LogP) is 4.72. The fraction of sp³-hybridized carbons (Fsp3) is 0.192. The zero-order chi connectivity index (χ0) is 25.7. The predicted molar refractivity (Wildman–Crippen MR) is 135 cm³/mol. The molecule has 10 heteroatoms. The normalized spacial score (nSPS) is 10.6. The van der Waals surface area contributed by atoms with Gasteiger partial charge in [0.25, 0.3) is 0 Å². The third-order valence-electron chi connectivity index (χ3n) is 5.42. The van der Waals surface area contributed by atoms with Crippen molar-refractivity contribution in [2.24, 2.45) is 0 Å². The molecule has 0 spiro atoms. The van der Waals surface area contributed by atoms with E-state index in [1.807, 2.05) is 30.3 Å². The number of hydrogen-bond donors (Lipinski definition) is 1. The molecule has 0 saturated carbocycles. The molecule has 0 aliphatic heterocycles. The number of nitrogens with zero attached hydrogens (tertiary/aromatic N) is 2. The summed E-state index contributed by atoms with van der Waals surface area (Å²) in [5, 5.41) is 3.77. The lowest BCUT2D eigenvalue weighted by Gasteiger charge is -2.11. The van der Waals surface area contributed by atoms with Crippen molar-refractivity contribution in [1.82, 2.24) is 9.97 Å². The third-order valence-corrected chi connectivity index (χ3v) is 6.60. The molecule has 0 aliphatic carbocycles. The van der Waals surface area contributed by atoms with Gasteiger partial charge < -0.3 is 19.5 Å². The Morgan fingerprint density at radius 1 is 0.917 bits per heavy atom. The summed E-state index contributed by atoms with van der Waals surface area (Å²) >= 11 is 1.21. The van der Waals surface area contributed by atoms with Crippen LogP contribution in [0.15, 0.2) is 54.9 Å². The van der Waals surface area contributed by atoms with Crippen LogP contribution in [-0.2, 0) is 20.6 Å². The number of rotatable bonds is 8. The minimum Gasteiger partial charge on any atom is -0.465 e. The average Bonchev–Trinajstić information content (AvgIpc) is 3.25. The van der Waals surface area contributed by atoms with Crippen LogP contribution in [0.4, 0.5) is 11.5 Å². The molecule has 36 heavy (non-hydrogen) atoms. The molecule has 0 atom stereocenters. The molecule has 0 aliphatic rings. The van der Waals surface area contributed by atoms with Crippen LogP contribution in [0.3, 0.4) is 0 Å². The summed E-state index contributed by atoms with van der Waals surface area (Å²) in [4.78, 5) is 46.7. The second kappa shape index (κ2) is 11.0. The monoisotopic (exact) mass is 505 g/mol. The SMILES string of the molecule is COC(=O)c1cc(Nc2ncnc3sc(C(=O)OCCc4ccccc4)c(C)c23)cc(C(=O)OC)c1. The summed E-state index contributed by atoms with van der Waals surface area (Å²) in [6.07, 6.45) is 1.98. The maximum Gasteiger partial charge on any atom is 0.348 e. The summed E-state index contributed by atoms with van der Waals surface area (Å²) in [6, 6.07) is 14.2. The molecule has 4 aromatic rings. The van der Waals surface area contributed by atoms with E-state index in [1.165, 1.54) is 50.1 Å². The number of benzene rings is 2. The Balaban J connectivity index is 1.61. The number of hydrogen-bond acceptors (Lipinski definition) is 10. The molecule has 2 heterocycles. The Hall–Kier alpha value is -4.31. The second-order valence-electron chi connectivity index (χ2n) is 7.74. The van der Waals surface area contributed by atoms with E-state index < -0.39 is 17.9 Å². The first-order valence-corrected chi connectivity index (χ1v) is 11.8. The molecule has 184 valence electrons. The summed E-state index contributed by atoms with van der Waals surface area (Å²) in [5.74, 6) is -1.24. The van der Waals surface area contributed by atoms with Crippen LogP contribution in [0.1, 0.15) is 41.5 Å². The fourth-order valence-electron chi connectivity index (χ4n) is 3.64. The van der Waals surface area contributed by atoms with Gasteiger partial charge in [0.15, 0.2) is 0 Å². The molecule has 0 bridgehead atoms. The fourth-order valence-corrected chi connectivity index (χ4v) is 4.68. The van der Waals surface area contributed by atoms with E-state index >= 15 is 0 Å². The van der Waals surface area contributed by atoms with Gasteiger partial charge in [-0.25, -0.2) is 24.4 Å².